The lowest BCUT2D eigenvalue weighted by molar-refractivity contribution is -0.147. The number of amides is 2. The molecule has 6 atom stereocenters. The molecule has 0 aromatic heterocycles. The van der Waals surface area contributed by atoms with Crippen molar-refractivity contribution in [2.45, 2.75) is 49.7 Å². The summed E-state index contributed by atoms with van der Waals surface area (Å²) in [4.78, 5) is 73.7. The third-order valence-corrected chi connectivity index (χ3v) is 10.9. The molecule has 280 valence electrons. The van der Waals surface area contributed by atoms with E-state index in [1.807, 2.05) is 0 Å². The molecule has 8 rings (SSSR count). The van der Waals surface area contributed by atoms with Gasteiger partial charge in [-0.3, -0.25) is 28.8 Å². The summed E-state index contributed by atoms with van der Waals surface area (Å²) in [6.07, 6.45) is -4.39. The van der Waals surface area contributed by atoms with Crippen LogP contribution in [0.15, 0.2) is 92.8 Å². The van der Waals surface area contributed by atoms with Gasteiger partial charge in [-0.1, -0.05) is 24.2 Å². The Bertz CT molecular complexity index is 2600. The summed E-state index contributed by atoms with van der Waals surface area (Å²) in [5, 5.41) is 85.7. The first-order chi connectivity index (χ1) is 27.7. The van der Waals surface area contributed by atoms with Crippen molar-refractivity contribution in [3.05, 3.63) is 104 Å². The molecule has 1 fully saturated rings. The number of carbonyl (C=O) groups is 6. The van der Waals surface area contributed by atoms with Gasteiger partial charge in [-0.25, -0.2) is 0 Å². The van der Waals surface area contributed by atoms with Crippen LogP contribution in [0.3, 0.4) is 0 Å². The van der Waals surface area contributed by atoms with Gasteiger partial charge in [0.05, 0.1) is 15.2 Å². The van der Waals surface area contributed by atoms with Crippen molar-refractivity contribution in [3.8, 4) is 5.75 Å². The van der Waals surface area contributed by atoms with Crippen LogP contribution in [-0.2, 0) is 35.2 Å². The molecule has 0 saturated heterocycles. The Labute approximate surface area is 313 Å². The van der Waals surface area contributed by atoms with Gasteiger partial charge in [-0.05, 0) is 60.8 Å². The number of ketones is 4. The number of hydrogen-bond acceptors (Lipinski definition) is 14. The summed E-state index contributed by atoms with van der Waals surface area (Å²) in [6, 6.07) is 2.38. The number of benzene rings is 1. The average molecular weight is 749 g/mol. The highest BCUT2D eigenvalue weighted by Gasteiger charge is 2.61. The van der Waals surface area contributed by atoms with E-state index in [0.717, 1.165) is 0 Å². The first-order valence-electron chi connectivity index (χ1n) is 19.3. The Morgan fingerprint density at radius 1 is 0.796 bits per heavy atom. The number of carbonyl (C=O) groups excluding carboxylic acids is 6. The molecule has 0 radical (unpaired) electrons. The predicted molar refractivity (Wildman–Crippen MR) is 183 cm³/mol. The quantitative estimate of drug-likeness (QED) is 0.190. The fourth-order valence-corrected chi connectivity index (χ4v) is 8.36. The van der Waals surface area contributed by atoms with E-state index in [1.54, 1.807) is 12.1 Å². The topological polar surface area (TPSA) is 316 Å². The van der Waals surface area contributed by atoms with Crippen molar-refractivity contribution in [1.82, 2.24) is 0 Å². The second-order valence-corrected chi connectivity index (χ2v) is 13.7. The zero-order valence-electron chi connectivity index (χ0n) is 33.7. The number of Topliss-reactive ketones (excluding diaryl/α,β-unsaturated/α-hetero) is 3. The number of hydrogen-bond donors (Lipinski definition) is 10. The molecule has 16 heteroatoms. The number of fused-ring (bicyclic) bond motifs is 6. The van der Waals surface area contributed by atoms with Gasteiger partial charge < -0.3 is 52.3 Å². The number of rotatable bonds is 2. The highest BCUT2D eigenvalue weighted by Crippen LogP contribution is 2.55. The van der Waals surface area contributed by atoms with E-state index in [4.69, 9.17) is 19.7 Å². The smallest absolute Gasteiger partial charge is 0.255 e. The van der Waals surface area contributed by atoms with Crippen molar-refractivity contribution in [3.63, 3.8) is 0 Å². The number of primary amides is 2. The van der Waals surface area contributed by atoms with E-state index in [9.17, 15) is 69.6 Å². The van der Waals surface area contributed by atoms with Gasteiger partial charge in [0.15, 0.2) is 28.6 Å². The van der Waals surface area contributed by atoms with Gasteiger partial charge in [-0.15, -0.1) is 0 Å². The van der Waals surface area contributed by atoms with Gasteiger partial charge in [0, 0.05) is 39.9 Å². The van der Waals surface area contributed by atoms with Crippen molar-refractivity contribution in [2.75, 3.05) is 0 Å². The number of aromatic hydroxyl groups is 1. The largest absolute Gasteiger partial charge is 0.508 e. The van der Waals surface area contributed by atoms with E-state index in [1.165, 1.54) is 6.07 Å². The summed E-state index contributed by atoms with van der Waals surface area (Å²) >= 11 is 0. The molecule has 0 bridgehead atoms. The van der Waals surface area contributed by atoms with Crippen molar-refractivity contribution in [2.24, 2.45) is 35.1 Å². The molecular weight excluding hydrogens is 708 g/mol. The van der Waals surface area contributed by atoms with E-state index < -0.39 is 158 Å². The molecular formula is C38H34N2O14. The van der Waals surface area contributed by atoms with Crippen molar-refractivity contribution >= 4 is 40.7 Å². The molecule has 12 N–H and O–H groups in total. The molecule has 0 spiro atoms. The fourth-order valence-electron chi connectivity index (χ4n) is 8.36. The molecule has 0 aliphatic heterocycles. The van der Waals surface area contributed by atoms with Crippen LogP contribution in [0.25, 0.3) is 5.76 Å². The second kappa shape index (κ2) is 12.1. The average Bonchev–Trinajstić information content (AvgIpc) is 3.15. The van der Waals surface area contributed by atoms with Crippen LogP contribution in [0.1, 0.15) is 51.4 Å². The zero-order chi connectivity index (χ0) is 44.7. The number of aliphatic hydroxyl groups is 7. The normalized spacial score (nSPS) is 35.9. The van der Waals surface area contributed by atoms with E-state index in [2.05, 4.69) is 0 Å². The van der Waals surface area contributed by atoms with Crippen LogP contribution < -0.4 is 11.5 Å². The minimum Gasteiger partial charge on any atom is -0.508 e. The summed E-state index contributed by atoms with van der Waals surface area (Å²) in [7, 11) is 0. The summed E-state index contributed by atoms with van der Waals surface area (Å²) < 4.78 is 48.8. The van der Waals surface area contributed by atoms with Crippen LogP contribution in [-0.4, -0.2) is 87.0 Å². The van der Waals surface area contributed by atoms with Crippen molar-refractivity contribution < 1.29 is 77.8 Å². The third-order valence-electron chi connectivity index (χ3n) is 10.9. The minimum absolute atomic E-state index is 0.102. The van der Waals surface area contributed by atoms with Crippen LogP contribution in [0, 0.1) is 23.6 Å². The van der Waals surface area contributed by atoms with Gasteiger partial charge in [0.2, 0.25) is 5.78 Å². The molecule has 54 heavy (non-hydrogen) atoms. The molecule has 16 nitrogen and oxygen atoms in total. The van der Waals surface area contributed by atoms with Crippen LogP contribution in [0.4, 0.5) is 0 Å². The number of nitrogens with two attached hydrogens (primary N) is 2. The van der Waals surface area contributed by atoms with Gasteiger partial charge >= 0.3 is 0 Å². The highest BCUT2D eigenvalue weighted by molar-refractivity contribution is 6.23. The van der Waals surface area contributed by atoms with E-state index in [0.29, 0.717) is 12.0 Å². The molecule has 1 aromatic rings. The van der Waals surface area contributed by atoms with E-state index in [-0.39, 0.29) is 35.3 Å². The maximum absolute atomic E-state index is 13.1. The van der Waals surface area contributed by atoms with Gasteiger partial charge in [0.25, 0.3) is 11.8 Å². The summed E-state index contributed by atoms with van der Waals surface area (Å²) in [5.74, 6) is -18.6. The number of phenols is 1. The monoisotopic (exact) mass is 748 g/mol. The molecule has 2 amide bonds. The lowest BCUT2D eigenvalue weighted by atomic mass is 9.59. The Morgan fingerprint density at radius 3 is 2.11 bits per heavy atom. The third kappa shape index (κ3) is 4.83. The summed E-state index contributed by atoms with van der Waals surface area (Å²) in [5.41, 5.74) is 1.28. The first kappa shape index (κ1) is 29.2. The lowest BCUT2D eigenvalue weighted by Gasteiger charge is -2.46. The zero-order valence-corrected chi connectivity index (χ0v) is 27.7. The maximum atomic E-state index is 13.1. The number of aliphatic hydroxyl groups excluding tert-OH is 5. The van der Waals surface area contributed by atoms with Crippen LogP contribution >= 0.6 is 0 Å². The molecule has 1 aromatic carbocycles. The van der Waals surface area contributed by atoms with Crippen molar-refractivity contribution in [1.29, 1.82) is 0 Å². The van der Waals surface area contributed by atoms with E-state index >= 15 is 0 Å². The number of allylic oxidation sites excluding steroid dienone is 6. The molecule has 4 unspecified atom stereocenters. The molecule has 1 saturated carbocycles. The Balaban J connectivity index is 0.000000185. The Hall–Kier alpha value is -6.26. The second-order valence-electron chi connectivity index (χ2n) is 13.7. The first-order valence-corrected chi connectivity index (χ1v) is 16.3. The Morgan fingerprint density at radius 2 is 1.44 bits per heavy atom. The highest BCUT2D eigenvalue weighted by atomic mass is 16.4. The minimum atomic E-state index is -3.15. The summed E-state index contributed by atoms with van der Waals surface area (Å²) in [6.45, 7) is 0. The van der Waals surface area contributed by atoms with Crippen LogP contribution in [0.5, 0.6) is 5.75 Å². The van der Waals surface area contributed by atoms with Gasteiger partial charge in [0.1, 0.15) is 45.7 Å². The fraction of sp³-hybridized carbons (Fsp3) is 0.316. The molecule has 7 aliphatic rings. The SMILES string of the molecule is NC(=O)C1=C(O)[C@@]2(O)C(=O)C3=C(O)c4c(O)cccc4CC3CC2CC1=O.[2H]C1=C([2H])C([2H])=C2CC3([2H])CC4C([2H])([2H])C(=O)C(C(N)=O)=C(O)[C@@]4(O)C(O)=C3C(O)=C2C1=O. The predicted octanol–water partition coefficient (Wildman–Crippen LogP) is 1.14. The molecule has 7 aliphatic carbocycles. The maximum Gasteiger partial charge on any atom is 0.255 e. The van der Waals surface area contributed by atoms with Crippen LogP contribution in [0.2, 0.25) is 0 Å². The van der Waals surface area contributed by atoms with Gasteiger partial charge in [-0.2, -0.15) is 0 Å². The Kier molecular flexibility index (Phi) is 6.57. The standard InChI is InChI=1S/2C19H17NO7/c2*20-18(26)14-11(22)6-9-5-8-4-7-2-1-3-10(21)12(7)15(23)13(8)16(24)19(9,27)17(14)25/h1-3,8-9,23-25,27H,4-6H2,(H2,20,26);1-3,8-9,21,23,25,27H,4-6H2,(H2,20,26)/t2*8?,9?,19-/m00/s1/i1D,2D,3D,6D2,8D;. The molecule has 0 heterocycles. The number of phenolic OH excluding ortho intramolecular Hbond substituents is 1. The lowest BCUT2D eigenvalue weighted by Crippen LogP contribution is -2.58.